The van der Waals surface area contributed by atoms with Crippen LogP contribution in [0.3, 0.4) is 0 Å². The monoisotopic (exact) mass is 380 g/mol. The Labute approximate surface area is 158 Å². The Morgan fingerprint density at radius 1 is 1.41 bits per heavy atom. The van der Waals surface area contributed by atoms with Gasteiger partial charge in [0.2, 0.25) is 11.8 Å². The molecule has 0 radical (unpaired) electrons. The lowest BCUT2D eigenvalue weighted by molar-refractivity contribution is -0.135. The average Bonchev–Trinajstić information content (AvgIpc) is 3.08. The molecule has 1 aromatic heterocycles. The van der Waals surface area contributed by atoms with Gasteiger partial charge in [-0.25, -0.2) is 0 Å². The number of nitrogens with one attached hydrogen (secondary N) is 2. The molecule has 0 spiro atoms. The quantitative estimate of drug-likeness (QED) is 0.695. The summed E-state index contributed by atoms with van der Waals surface area (Å²) in [6.45, 7) is 2.96. The minimum absolute atomic E-state index is 0.111. The van der Waals surface area contributed by atoms with Crippen molar-refractivity contribution in [1.29, 1.82) is 0 Å². The van der Waals surface area contributed by atoms with Crippen molar-refractivity contribution in [3.63, 3.8) is 0 Å². The van der Waals surface area contributed by atoms with E-state index in [1.807, 2.05) is 0 Å². The molecule has 9 nitrogen and oxygen atoms in total. The van der Waals surface area contributed by atoms with Gasteiger partial charge in [0.15, 0.2) is 5.69 Å². The van der Waals surface area contributed by atoms with Crippen LogP contribution in [0.4, 0.5) is 0 Å². The zero-order valence-corrected chi connectivity index (χ0v) is 16.1. The predicted molar refractivity (Wildman–Crippen MR) is 97.0 cm³/mol. The second-order valence-electron chi connectivity index (χ2n) is 6.88. The maximum atomic E-state index is 12.5. The van der Waals surface area contributed by atoms with Crippen LogP contribution in [0.1, 0.15) is 41.9 Å². The summed E-state index contributed by atoms with van der Waals surface area (Å²) in [5.74, 6) is -0.380. The van der Waals surface area contributed by atoms with Crippen LogP contribution in [0.25, 0.3) is 0 Å². The minimum Gasteiger partial charge on any atom is -0.383 e. The molecule has 0 aliphatic carbocycles. The molecule has 0 aromatic carbocycles. The number of rotatable bonds is 6. The molecule has 2 rings (SSSR count). The fraction of sp³-hybridized carbons (Fsp3) is 0.667. The topological polar surface area (TPSA) is 114 Å². The van der Waals surface area contributed by atoms with Crippen LogP contribution >= 0.6 is 0 Å². The van der Waals surface area contributed by atoms with Crippen molar-refractivity contribution in [3.05, 3.63) is 17.5 Å². The van der Waals surface area contributed by atoms with Gasteiger partial charge < -0.3 is 24.8 Å². The molecule has 150 valence electrons. The van der Waals surface area contributed by atoms with Gasteiger partial charge in [0.1, 0.15) is 5.76 Å². The summed E-state index contributed by atoms with van der Waals surface area (Å²) < 4.78 is 9.86. The van der Waals surface area contributed by atoms with E-state index >= 15 is 0 Å². The zero-order chi connectivity index (χ0) is 19.8. The molecule has 27 heavy (non-hydrogen) atoms. The number of aryl methyl sites for hydroxylation is 1. The van der Waals surface area contributed by atoms with E-state index in [1.54, 1.807) is 32.0 Å². The van der Waals surface area contributed by atoms with Gasteiger partial charge in [-0.05, 0) is 19.8 Å². The molecule has 2 heterocycles. The molecule has 0 saturated carbocycles. The summed E-state index contributed by atoms with van der Waals surface area (Å²) in [4.78, 5) is 38.6. The van der Waals surface area contributed by atoms with Gasteiger partial charge in [-0.1, -0.05) is 11.6 Å². The van der Waals surface area contributed by atoms with Crippen LogP contribution < -0.4 is 10.6 Å². The number of hydrogen-bond donors (Lipinski definition) is 2. The third-order valence-electron chi connectivity index (χ3n) is 4.62. The SMILES string of the molecule is COCCNC(=O)C1CCCC(NC(=O)c2cc(C)on2)CN(C)C(=O)C1. The number of methoxy groups -OCH3 is 1. The Morgan fingerprint density at radius 2 is 2.19 bits per heavy atom. The first-order chi connectivity index (χ1) is 12.9. The van der Waals surface area contributed by atoms with E-state index in [0.29, 0.717) is 38.3 Å². The van der Waals surface area contributed by atoms with E-state index in [-0.39, 0.29) is 41.8 Å². The van der Waals surface area contributed by atoms with E-state index in [4.69, 9.17) is 9.26 Å². The van der Waals surface area contributed by atoms with Crippen molar-refractivity contribution >= 4 is 17.7 Å². The van der Waals surface area contributed by atoms with Crippen molar-refractivity contribution in [2.24, 2.45) is 5.92 Å². The minimum atomic E-state index is -0.371. The summed E-state index contributed by atoms with van der Waals surface area (Å²) in [6.07, 6.45) is 2.15. The number of carbonyl (C=O) groups excluding carboxylic acids is 3. The van der Waals surface area contributed by atoms with Crippen LogP contribution in [-0.4, -0.2) is 67.7 Å². The van der Waals surface area contributed by atoms with E-state index in [2.05, 4.69) is 15.8 Å². The number of carbonyl (C=O) groups is 3. The Kier molecular flexibility index (Phi) is 7.78. The number of aromatic nitrogens is 1. The number of hydrogen-bond acceptors (Lipinski definition) is 6. The summed E-state index contributed by atoms with van der Waals surface area (Å²) in [5.41, 5.74) is 0.219. The first-order valence-corrected chi connectivity index (χ1v) is 9.15. The third-order valence-corrected chi connectivity index (χ3v) is 4.62. The van der Waals surface area contributed by atoms with E-state index in [1.165, 1.54) is 0 Å². The molecule has 2 unspecified atom stereocenters. The Hall–Kier alpha value is -2.42. The van der Waals surface area contributed by atoms with Crippen molar-refractivity contribution in [2.75, 3.05) is 33.9 Å². The lowest BCUT2D eigenvalue weighted by Crippen LogP contribution is -2.44. The maximum absolute atomic E-state index is 12.5. The highest BCUT2D eigenvalue weighted by Gasteiger charge is 2.28. The first-order valence-electron chi connectivity index (χ1n) is 9.15. The molecule has 1 aliphatic rings. The molecule has 1 fully saturated rings. The molecule has 2 N–H and O–H groups in total. The van der Waals surface area contributed by atoms with Crippen molar-refractivity contribution in [1.82, 2.24) is 20.7 Å². The van der Waals surface area contributed by atoms with Gasteiger partial charge in [0.25, 0.3) is 5.91 Å². The summed E-state index contributed by atoms with van der Waals surface area (Å²) in [6, 6.07) is 1.36. The standard InChI is InChI=1S/C18H28N4O5/c1-12-9-15(21-27-12)18(25)20-14-6-4-5-13(10-16(23)22(2)11-14)17(24)19-7-8-26-3/h9,13-14H,4-8,10-11H2,1-3H3,(H,19,24)(H,20,25). The van der Waals surface area contributed by atoms with Gasteiger partial charge in [-0.3, -0.25) is 14.4 Å². The highest BCUT2D eigenvalue weighted by molar-refractivity contribution is 5.92. The van der Waals surface area contributed by atoms with Crippen molar-refractivity contribution in [2.45, 2.75) is 38.6 Å². The van der Waals surface area contributed by atoms with Crippen molar-refractivity contribution < 1.29 is 23.6 Å². The van der Waals surface area contributed by atoms with Gasteiger partial charge >= 0.3 is 0 Å². The normalized spacial score (nSPS) is 21.1. The number of amides is 3. The molecular weight excluding hydrogens is 352 g/mol. The van der Waals surface area contributed by atoms with Crippen molar-refractivity contribution in [3.8, 4) is 0 Å². The zero-order valence-electron chi connectivity index (χ0n) is 16.1. The molecule has 2 atom stereocenters. The van der Waals surface area contributed by atoms with Gasteiger partial charge in [-0.15, -0.1) is 0 Å². The fourth-order valence-corrected chi connectivity index (χ4v) is 3.10. The van der Waals surface area contributed by atoms with E-state index < -0.39 is 0 Å². The number of likely N-dealkylation sites (N-methyl/N-ethyl adjacent to an activating group) is 1. The largest absolute Gasteiger partial charge is 0.383 e. The molecule has 1 aromatic rings. The van der Waals surface area contributed by atoms with Crippen LogP contribution in [0.2, 0.25) is 0 Å². The lowest BCUT2D eigenvalue weighted by Gasteiger charge is -2.24. The first kappa shape index (κ1) is 20.9. The summed E-state index contributed by atoms with van der Waals surface area (Å²) in [5, 5.41) is 9.43. The fourth-order valence-electron chi connectivity index (χ4n) is 3.10. The molecule has 1 saturated heterocycles. The highest BCUT2D eigenvalue weighted by atomic mass is 16.5. The Morgan fingerprint density at radius 3 is 2.85 bits per heavy atom. The second kappa shape index (κ2) is 10.1. The lowest BCUT2D eigenvalue weighted by atomic mass is 9.96. The highest BCUT2D eigenvalue weighted by Crippen LogP contribution is 2.19. The van der Waals surface area contributed by atoms with Gasteiger partial charge in [0.05, 0.1) is 6.61 Å². The van der Waals surface area contributed by atoms with E-state index in [0.717, 1.165) is 6.42 Å². The smallest absolute Gasteiger partial charge is 0.273 e. The van der Waals surface area contributed by atoms with Gasteiger partial charge in [0, 0.05) is 51.7 Å². The van der Waals surface area contributed by atoms with Crippen LogP contribution in [-0.2, 0) is 14.3 Å². The summed E-state index contributed by atoms with van der Waals surface area (Å²) >= 11 is 0. The molecule has 0 bridgehead atoms. The molecule has 1 aliphatic heterocycles. The third kappa shape index (κ3) is 6.35. The predicted octanol–water partition coefficient (Wildman–Crippen LogP) is 0.493. The van der Waals surface area contributed by atoms with Crippen LogP contribution in [0, 0.1) is 12.8 Å². The Balaban J connectivity index is 1.96. The molecular formula is C18H28N4O5. The maximum Gasteiger partial charge on any atom is 0.273 e. The summed E-state index contributed by atoms with van der Waals surface area (Å²) in [7, 11) is 3.26. The number of nitrogens with zero attached hydrogens (tertiary/aromatic N) is 2. The molecule has 9 heteroatoms. The number of ether oxygens (including phenoxy) is 1. The second-order valence-corrected chi connectivity index (χ2v) is 6.88. The molecule has 3 amide bonds. The Bertz CT molecular complexity index is 660. The van der Waals surface area contributed by atoms with Crippen LogP contribution in [0.15, 0.2) is 10.6 Å². The van der Waals surface area contributed by atoms with E-state index in [9.17, 15) is 14.4 Å². The van der Waals surface area contributed by atoms with Crippen LogP contribution in [0.5, 0.6) is 0 Å². The average molecular weight is 380 g/mol. The van der Waals surface area contributed by atoms with Gasteiger partial charge in [-0.2, -0.15) is 0 Å².